The van der Waals surface area contributed by atoms with Crippen molar-refractivity contribution in [3.8, 4) is 22.8 Å². The summed E-state index contributed by atoms with van der Waals surface area (Å²) in [7, 11) is 0. The molecule has 2 aromatic rings. The molecule has 1 amide bonds. The van der Waals surface area contributed by atoms with Gasteiger partial charge in [-0.1, -0.05) is 0 Å². The molecule has 138 valence electrons. The highest BCUT2D eigenvalue weighted by molar-refractivity contribution is 5.93. The lowest BCUT2D eigenvalue weighted by molar-refractivity contribution is 0.0774. The summed E-state index contributed by atoms with van der Waals surface area (Å²) in [5.41, 5.74) is 6.46. The van der Waals surface area contributed by atoms with Crippen LogP contribution in [0.15, 0.2) is 24.3 Å². The molecule has 0 fully saturated rings. The molecule has 0 radical (unpaired) electrons. The van der Waals surface area contributed by atoms with Crippen molar-refractivity contribution < 1.29 is 23.0 Å². The number of fused-ring (bicyclic) bond motifs is 1. The standard InChI is InChI=1S/C19H20F2N2O3/c1-19(2)6-5-13-14(10-16(17(22)24)23-18(13)26-19)12-4-3-11(9-15(12)21)25-8-7-20/h3-4,9-10H,5-8H2,1-2H3,(H2,22,24). The molecule has 1 aliphatic rings. The van der Waals surface area contributed by atoms with E-state index in [1.807, 2.05) is 13.8 Å². The Morgan fingerprint density at radius 1 is 1.35 bits per heavy atom. The predicted octanol–water partition coefficient (Wildman–Crippen LogP) is 3.44. The van der Waals surface area contributed by atoms with E-state index in [9.17, 15) is 13.6 Å². The fraction of sp³-hybridized carbons (Fsp3) is 0.368. The third-order valence-electron chi connectivity index (χ3n) is 4.27. The number of rotatable bonds is 5. The number of aromatic nitrogens is 1. The monoisotopic (exact) mass is 362 g/mol. The molecular formula is C19H20F2N2O3. The van der Waals surface area contributed by atoms with E-state index >= 15 is 0 Å². The first-order chi connectivity index (χ1) is 12.3. The van der Waals surface area contributed by atoms with Crippen LogP contribution in [0.2, 0.25) is 0 Å². The zero-order chi connectivity index (χ0) is 18.9. The molecular weight excluding hydrogens is 342 g/mol. The van der Waals surface area contributed by atoms with Crippen LogP contribution in [-0.2, 0) is 6.42 Å². The molecule has 7 heteroatoms. The number of primary amides is 1. The number of nitrogens with two attached hydrogens (primary N) is 1. The minimum atomic E-state index is -0.718. The number of halogens is 2. The Labute approximate surface area is 150 Å². The second-order valence-corrected chi connectivity index (χ2v) is 6.74. The fourth-order valence-corrected chi connectivity index (χ4v) is 2.94. The van der Waals surface area contributed by atoms with Crippen molar-refractivity contribution >= 4 is 5.91 Å². The van der Waals surface area contributed by atoms with Crippen molar-refractivity contribution in [2.24, 2.45) is 5.73 Å². The highest BCUT2D eigenvalue weighted by Gasteiger charge is 2.31. The first-order valence-electron chi connectivity index (χ1n) is 8.32. The molecule has 2 heterocycles. The molecule has 0 bridgehead atoms. The molecule has 0 saturated heterocycles. The molecule has 1 aromatic heterocycles. The predicted molar refractivity (Wildman–Crippen MR) is 92.6 cm³/mol. The number of hydrogen-bond donors (Lipinski definition) is 1. The maximum Gasteiger partial charge on any atom is 0.267 e. The number of benzene rings is 1. The second kappa shape index (κ2) is 6.90. The lowest BCUT2D eigenvalue weighted by Gasteiger charge is -2.32. The van der Waals surface area contributed by atoms with E-state index in [1.54, 1.807) is 6.07 Å². The summed E-state index contributed by atoms with van der Waals surface area (Å²) in [6.07, 6.45) is 1.35. The number of amides is 1. The summed E-state index contributed by atoms with van der Waals surface area (Å²) >= 11 is 0. The molecule has 0 atom stereocenters. The van der Waals surface area contributed by atoms with Gasteiger partial charge in [0.05, 0.1) is 0 Å². The summed E-state index contributed by atoms with van der Waals surface area (Å²) in [4.78, 5) is 15.8. The van der Waals surface area contributed by atoms with E-state index in [4.69, 9.17) is 15.2 Å². The van der Waals surface area contributed by atoms with Crippen LogP contribution in [0, 0.1) is 5.82 Å². The smallest absolute Gasteiger partial charge is 0.267 e. The van der Waals surface area contributed by atoms with Gasteiger partial charge in [-0.3, -0.25) is 4.79 Å². The second-order valence-electron chi connectivity index (χ2n) is 6.74. The van der Waals surface area contributed by atoms with Crippen LogP contribution in [0.4, 0.5) is 8.78 Å². The van der Waals surface area contributed by atoms with E-state index in [1.165, 1.54) is 18.2 Å². The van der Waals surface area contributed by atoms with Crippen LogP contribution < -0.4 is 15.2 Å². The largest absolute Gasteiger partial charge is 0.491 e. The molecule has 1 aromatic carbocycles. The van der Waals surface area contributed by atoms with Crippen LogP contribution in [0.5, 0.6) is 11.6 Å². The Morgan fingerprint density at radius 2 is 2.12 bits per heavy atom. The molecule has 2 N–H and O–H groups in total. The molecule has 5 nitrogen and oxygen atoms in total. The maximum atomic E-state index is 14.7. The van der Waals surface area contributed by atoms with Crippen LogP contribution in [0.25, 0.3) is 11.1 Å². The zero-order valence-corrected chi connectivity index (χ0v) is 14.6. The Morgan fingerprint density at radius 3 is 2.77 bits per heavy atom. The van der Waals surface area contributed by atoms with Gasteiger partial charge >= 0.3 is 0 Å². The highest BCUT2D eigenvalue weighted by atomic mass is 19.1. The van der Waals surface area contributed by atoms with Gasteiger partial charge < -0.3 is 15.2 Å². The number of nitrogens with zero attached hydrogens (tertiary/aromatic N) is 1. The van der Waals surface area contributed by atoms with E-state index in [-0.39, 0.29) is 23.6 Å². The van der Waals surface area contributed by atoms with Crippen LogP contribution in [0.1, 0.15) is 36.3 Å². The van der Waals surface area contributed by atoms with Gasteiger partial charge in [0, 0.05) is 17.2 Å². The number of ether oxygens (including phenoxy) is 2. The van der Waals surface area contributed by atoms with Crippen LogP contribution >= 0.6 is 0 Å². The first-order valence-corrected chi connectivity index (χ1v) is 8.32. The third kappa shape index (κ3) is 3.61. The van der Waals surface area contributed by atoms with Gasteiger partial charge in [0.15, 0.2) is 0 Å². The summed E-state index contributed by atoms with van der Waals surface area (Å²) in [5.74, 6) is -0.733. The van der Waals surface area contributed by atoms with Crippen molar-refractivity contribution in [2.75, 3.05) is 13.3 Å². The van der Waals surface area contributed by atoms with E-state index in [2.05, 4.69) is 4.98 Å². The Bertz CT molecular complexity index is 853. The zero-order valence-electron chi connectivity index (χ0n) is 14.6. The van der Waals surface area contributed by atoms with E-state index < -0.39 is 24.0 Å². The summed E-state index contributed by atoms with van der Waals surface area (Å²) in [6, 6.07) is 5.75. The lowest BCUT2D eigenvalue weighted by atomic mass is 9.90. The molecule has 3 rings (SSSR count). The summed E-state index contributed by atoms with van der Waals surface area (Å²) < 4.78 is 37.9. The summed E-state index contributed by atoms with van der Waals surface area (Å²) in [5, 5.41) is 0. The minimum absolute atomic E-state index is 0.00797. The lowest BCUT2D eigenvalue weighted by Crippen LogP contribution is -2.34. The van der Waals surface area contributed by atoms with Crippen molar-refractivity contribution in [2.45, 2.75) is 32.3 Å². The van der Waals surface area contributed by atoms with Crippen molar-refractivity contribution in [1.29, 1.82) is 0 Å². The van der Waals surface area contributed by atoms with Crippen molar-refractivity contribution in [3.05, 3.63) is 41.3 Å². The Hall–Kier alpha value is -2.70. The average Bonchev–Trinajstić information content (AvgIpc) is 2.58. The third-order valence-corrected chi connectivity index (χ3v) is 4.27. The normalized spacial score (nSPS) is 15.1. The van der Waals surface area contributed by atoms with Gasteiger partial charge in [0.2, 0.25) is 5.88 Å². The van der Waals surface area contributed by atoms with Gasteiger partial charge in [-0.25, -0.2) is 13.8 Å². The molecule has 0 aliphatic carbocycles. The van der Waals surface area contributed by atoms with Gasteiger partial charge in [0.25, 0.3) is 5.91 Å². The van der Waals surface area contributed by atoms with Gasteiger partial charge in [-0.2, -0.15) is 0 Å². The Kier molecular flexibility index (Phi) is 4.80. The molecule has 26 heavy (non-hydrogen) atoms. The first kappa shape index (κ1) is 18.1. The van der Waals surface area contributed by atoms with Crippen LogP contribution in [0.3, 0.4) is 0 Å². The van der Waals surface area contributed by atoms with Gasteiger partial charge in [0.1, 0.15) is 36.1 Å². The maximum absolute atomic E-state index is 14.7. The molecule has 1 aliphatic heterocycles. The highest BCUT2D eigenvalue weighted by Crippen LogP contribution is 2.39. The van der Waals surface area contributed by atoms with Crippen LogP contribution in [-0.4, -0.2) is 29.8 Å². The van der Waals surface area contributed by atoms with Crippen molar-refractivity contribution in [1.82, 2.24) is 4.98 Å². The average molecular weight is 362 g/mol. The SMILES string of the molecule is CC1(C)CCc2c(-c3ccc(OCCF)cc3F)cc(C(N)=O)nc2O1. The number of hydrogen-bond acceptors (Lipinski definition) is 4. The quantitative estimate of drug-likeness (QED) is 0.884. The number of carbonyl (C=O) groups is 1. The van der Waals surface area contributed by atoms with Crippen molar-refractivity contribution in [3.63, 3.8) is 0 Å². The van der Waals surface area contributed by atoms with Gasteiger partial charge in [-0.05, 0) is 50.5 Å². The van der Waals surface area contributed by atoms with E-state index in [0.717, 1.165) is 12.0 Å². The fourth-order valence-electron chi connectivity index (χ4n) is 2.94. The Balaban J connectivity index is 2.10. The molecule has 0 spiro atoms. The number of carbonyl (C=O) groups excluding carboxylic acids is 1. The molecule has 0 saturated carbocycles. The molecule has 0 unspecified atom stereocenters. The summed E-state index contributed by atoms with van der Waals surface area (Å²) in [6.45, 7) is 3.05. The minimum Gasteiger partial charge on any atom is -0.491 e. The number of pyridine rings is 1. The topological polar surface area (TPSA) is 74.4 Å². The number of alkyl halides is 1. The van der Waals surface area contributed by atoms with E-state index in [0.29, 0.717) is 17.9 Å². The van der Waals surface area contributed by atoms with Gasteiger partial charge in [-0.15, -0.1) is 0 Å².